The number of para-hydroxylation sites is 2. The van der Waals surface area contributed by atoms with Crippen LogP contribution in [0.1, 0.15) is 54.4 Å². The lowest BCUT2D eigenvalue weighted by Crippen LogP contribution is -2.62. The molecule has 200 valence electrons. The van der Waals surface area contributed by atoms with Crippen LogP contribution in [0.2, 0.25) is 0 Å². The summed E-state index contributed by atoms with van der Waals surface area (Å²) >= 11 is 0. The summed E-state index contributed by atoms with van der Waals surface area (Å²) in [6.07, 6.45) is 5.98. The van der Waals surface area contributed by atoms with Gasteiger partial charge in [-0.1, -0.05) is 25.1 Å². The second kappa shape index (κ2) is 10.3. The van der Waals surface area contributed by atoms with Crippen molar-refractivity contribution in [1.29, 1.82) is 0 Å². The average molecular weight is 518 g/mol. The van der Waals surface area contributed by atoms with E-state index < -0.39 is 6.04 Å². The van der Waals surface area contributed by atoms with E-state index in [1.807, 2.05) is 42.5 Å². The van der Waals surface area contributed by atoms with Crippen molar-refractivity contribution in [2.75, 3.05) is 20.2 Å². The van der Waals surface area contributed by atoms with Crippen molar-refractivity contribution in [3.63, 3.8) is 0 Å². The molecule has 3 heterocycles. The summed E-state index contributed by atoms with van der Waals surface area (Å²) in [4.78, 5) is 29.7. The molecular weight excluding hydrogens is 482 g/mol. The highest BCUT2D eigenvalue weighted by Gasteiger charge is 2.41. The third-order valence-electron chi connectivity index (χ3n) is 8.27. The molecule has 8 nitrogen and oxygen atoms in total. The van der Waals surface area contributed by atoms with E-state index in [9.17, 15) is 9.59 Å². The van der Waals surface area contributed by atoms with Crippen molar-refractivity contribution in [3.8, 4) is 17.2 Å². The van der Waals surface area contributed by atoms with Crippen LogP contribution in [0.5, 0.6) is 17.2 Å². The molecule has 38 heavy (non-hydrogen) atoms. The fourth-order valence-electron chi connectivity index (χ4n) is 6.22. The number of methoxy groups -OCH3 is 1. The molecule has 8 heteroatoms. The normalized spacial score (nSPS) is 26.0. The summed E-state index contributed by atoms with van der Waals surface area (Å²) in [6.45, 7) is 6.01. The first-order chi connectivity index (χ1) is 18.5. The number of nitrogens with one attached hydrogen (secondary N) is 1. The summed E-state index contributed by atoms with van der Waals surface area (Å²) in [6, 6.07) is 13.4. The highest BCUT2D eigenvalue weighted by Crippen LogP contribution is 2.35. The summed E-state index contributed by atoms with van der Waals surface area (Å²) in [5.41, 5.74) is 2.30. The number of carbonyl (C=O) groups is 2. The molecule has 4 aliphatic rings. The van der Waals surface area contributed by atoms with Crippen LogP contribution in [-0.4, -0.2) is 66.1 Å². The number of nitrogens with zero attached hydrogens (tertiary/aromatic N) is 2. The third kappa shape index (κ3) is 4.73. The Morgan fingerprint density at radius 3 is 2.55 bits per heavy atom. The van der Waals surface area contributed by atoms with Crippen molar-refractivity contribution >= 4 is 11.8 Å². The van der Waals surface area contributed by atoms with E-state index in [4.69, 9.17) is 14.2 Å². The second-order valence-corrected chi connectivity index (χ2v) is 10.8. The van der Waals surface area contributed by atoms with Crippen LogP contribution >= 0.6 is 0 Å². The van der Waals surface area contributed by atoms with E-state index in [-0.39, 0.29) is 24.0 Å². The fourth-order valence-corrected chi connectivity index (χ4v) is 6.22. The van der Waals surface area contributed by atoms with Gasteiger partial charge in [0.1, 0.15) is 24.0 Å². The standard InChI is InChI=1S/C30H35N3O5/c1-19-11-14-25(29(34)31-19)33-16-20-15-21(12-13-23(20)30(33)35)37-26-8-4-3-7-24(26)32-17-22(18-32)38-28-10-6-5-9-27(28)36-2/h5-6,9-10,12-13,15,22,24-26H,1,3-4,7-8,11,14,16-18H2,2H3,(H,31,34)/t24-,25?,26-/m1/s1. The quantitative estimate of drug-likeness (QED) is 0.600. The molecule has 3 aliphatic heterocycles. The number of benzene rings is 2. The van der Waals surface area contributed by atoms with Gasteiger partial charge in [-0.15, -0.1) is 0 Å². The Morgan fingerprint density at radius 1 is 0.974 bits per heavy atom. The minimum absolute atomic E-state index is 0.0866. The molecular formula is C30H35N3O5. The van der Waals surface area contributed by atoms with E-state index in [0.29, 0.717) is 36.7 Å². The number of hydrogen-bond donors (Lipinski definition) is 1. The lowest BCUT2D eigenvalue weighted by Gasteiger charge is -2.47. The number of fused-ring (bicyclic) bond motifs is 1. The summed E-state index contributed by atoms with van der Waals surface area (Å²) in [5, 5.41) is 2.80. The average Bonchev–Trinajstić information content (AvgIpc) is 3.22. The number of carbonyl (C=O) groups excluding carboxylic acids is 2. The minimum atomic E-state index is -0.454. The van der Waals surface area contributed by atoms with Crippen LogP contribution in [0.25, 0.3) is 0 Å². The Kier molecular flexibility index (Phi) is 6.74. The Morgan fingerprint density at radius 2 is 1.76 bits per heavy atom. The zero-order chi connectivity index (χ0) is 26.2. The van der Waals surface area contributed by atoms with Crippen LogP contribution in [0.4, 0.5) is 0 Å². The van der Waals surface area contributed by atoms with Crippen molar-refractivity contribution < 1.29 is 23.8 Å². The van der Waals surface area contributed by atoms with Gasteiger partial charge in [-0.05, 0) is 68.0 Å². The summed E-state index contributed by atoms with van der Waals surface area (Å²) < 4.78 is 18.2. The Hall–Kier alpha value is -3.52. The van der Waals surface area contributed by atoms with Gasteiger partial charge in [-0.25, -0.2) is 0 Å². The fraction of sp³-hybridized carbons (Fsp3) is 0.467. The molecule has 0 bridgehead atoms. The molecule has 3 fully saturated rings. The predicted octanol–water partition coefficient (Wildman–Crippen LogP) is 3.90. The monoisotopic (exact) mass is 517 g/mol. The van der Waals surface area contributed by atoms with Crippen molar-refractivity contribution in [2.24, 2.45) is 0 Å². The van der Waals surface area contributed by atoms with Crippen molar-refractivity contribution in [2.45, 2.75) is 69.4 Å². The highest BCUT2D eigenvalue weighted by molar-refractivity contribution is 6.01. The van der Waals surface area contributed by atoms with Gasteiger partial charge in [0.2, 0.25) is 5.91 Å². The SMILES string of the molecule is C=C1CCC(N2Cc3cc(O[C@@H]4CCCC[C@H]4N4CC(Oc5ccccc5OC)C4)ccc3C2=O)C(=O)N1. The predicted molar refractivity (Wildman–Crippen MR) is 142 cm³/mol. The second-order valence-electron chi connectivity index (χ2n) is 10.8. The minimum Gasteiger partial charge on any atom is -0.493 e. The number of hydrogen-bond acceptors (Lipinski definition) is 6. The van der Waals surface area contributed by atoms with Gasteiger partial charge in [-0.3, -0.25) is 14.5 Å². The first kappa shape index (κ1) is 24.8. The third-order valence-corrected chi connectivity index (χ3v) is 8.27. The number of amides is 2. The molecule has 2 saturated heterocycles. The van der Waals surface area contributed by atoms with Crippen molar-refractivity contribution in [1.82, 2.24) is 15.1 Å². The van der Waals surface area contributed by atoms with E-state index in [1.165, 1.54) is 6.42 Å². The largest absolute Gasteiger partial charge is 0.493 e. The van der Waals surface area contributed by atoms with Gasteiger partial charge in [-0.2, -0.15) is 0 Å². The number of likely N-dealkylation sites (tertiary alicyclic amines) is 1. The maximum Gasteiger partial charge on any atom is 0.255 e. The molecule has 1 unspecified atom stereocenters. The van der Waals surface area contributed by atoms with Crippen LogP contribution in [-0.2, 0) is 11.3 Å². The molecule has 0 radical (unpaired) electrons. The number of ether oxygens (including phenoxy) is 3. The molecule has 1 N–H and O–H groups in total. The van der Waals surface area contributed by atoms with Gasteiger partial charge < -0.3 is 24.4 Å². The van der Waals surface area contributed by atoms with E-state index in [0.717, 1.165) is 55.2 Å². The van der Waals surface area contributed by atoms with Gasteiger partial charge in [0.15, 0.2) is 11.5 Å². The van der Waals surface area contributed by atoms with Crippen LogP contribution < -0.4 is 19.5 Å². The topological polar surface area (TPSA) is 80.3 Å². The first-order valence-corrected chi connectivity index (χ1v) is 13.6. The zero-order valence-corrected chi connectivity index (χ0v) is 21.9. The Balaban J connectivity index is 1.09. The van der Waals surface area contributed by atoms with Gasteiger partial charge in [0, 0.05) is 36.9 Å². The molecule has 3 atom stereocenters. The van der Waals surface area contributed by atoms with Gasteiger partial charge >= 0.3 is 0 Å². The molecule has 2 aromatic carbocycles. The van der Waals surface area contributed by atoms with E-state index in [2.05, 4.69) is 16.8 Å². The zero-order valence-electron chi connectivity index (χ0n) is 21.9. The smallest absolute Gasteiger partial charge is 0.255 e. The molecule has 6 rings (SSSR count). The van der Waals surface area contributed by atoms with Crippen LogP contribution in [0, 0.1) is 0 Å². The van der Waals surface area contributed by atoms with Gasteiger partial charge in [0.25, 0.3) is 5.91 Å². The lowest BCUT2D eigenvalue weighted by atomic mass is 9.89. The molecule has 1 aliphatic carbocycles. The number of piperidine rings is 1. The maximum atomic E-state index is 13.1. The molecule has 2 aromatic rings. The van der Waals surface area contributed by atoms with Crippen molar-refractivity contribution in [3.05, 3.63) is 65.9 Å². The number of allylic oxidation sites excluding steroid dienone is 1. The van der Waals surface area contributed by atoms with Crippen LogP contribution in [0.3, 0.4) is 0 Å². The molecule has 2 amide bonds. The highest BCUT2D eigenvalue weighted by atomic mass is 16.5. The lowest BCUT2D eigenvalue weighted by molar-refractivity contribution is -0.126. The van der Waals surface area contributed by atoms with E-state index in [1.54, 1.807) is 12.0 Å². The Labute approximate surface area is 223 Å². The molecule has 0 aromatic heterocycles. The molecule has 0 spiro atoms. The maximum absolute atomic E-state index is 13.1. The Bertz CT molecular complexity index is 1240. The summed E-state index contributed by atoms with van der Waals surface area (Å²) in [7, 11) is 1.66. The molecule has 1 saturated carbocycles. The summed E-state index contributed by atoms with van der Waals surface area (Å²) in [5.74, 6) is 2.10. The van der Waals surface area contributed by atoms with Crippen LogP contribution in [0.15, 0.2) is 54.7 Å². The number of rotatable bonds is 7. The van der Waals surface area contributed by atoms with Gasteiger partial charge in [0.05, 0.1) is 7.11 Å². The first-order valence-electron chi connectivity index (χ1n) is 13.6. The van der Waals surface area contributed by atoms with E-state index >= 15 is 0 Å².